The Bertz CT molecular complexity index is 1610. The number of carbonyl (C=O) groups excluding carboxylic acids is 2. The largest absolute Gasteiger partial charge is 0.416 e. The van der Waals surface area contributed by atoms with Crippen molar-refractivity contribution in [3.8, 4) is 0 Å². The van der Waals surface area contributed by atoms with Gasteiger partial charge in [-0.3, -0.25) is 14.3 Å². The minimum atomic E-state index is -4.46. The summed E-state index contributed by atoms with van der Waals surface area (Å²) < 4.78 is 41.1. The van der Waals surface area contributed by atoms with E-state index in [4.69, 9.17) is 0 Å². The lowest BCUT2D eigenvalue weighted by Gasteiger charge is -2.24. The molecule has 3 N–H and O–H groups in total. The summed E-state index contributed by atoms with van der Waals surface area (Å²) in [5, 5.41) is 21.7. The molecule has 262 valence electrons. The smallest absolute Gasteiger partial charge is 0.390 e. The number of aromatic nitrogens is 2. The zero-order chi connectivity index (χ0) is 35.2. The van der Waals surface area contributed by atoms with Crippen molar-refractivity contribution in [2.75, 3.05) is 20.1 Å². The second kappa shape index (κ2) is 18.3. The van der Waals surface area contributed by atoms with Crippen LogP contribution < -0.4 is 10.6 Å². The number of rotatable bonds is 18. The third-order valence-electron chi connectivity index (χ3n) is 8.37. The number of aliphatic hydroxyl groups is 1. The van der Waals surface area contributed by atoms with Gasteiger partial charge < -0.3 is 20.6 Å². The Kier molecular flexibility index (Phi) is 14.0. The fourth-order valence-corrected chi connectivity index (χ4v) is 5.58. The molecule has 1 heterocycles. The molecule has 4 rings (SSSR count). The molecule has 0 bridgehead atoms. The maximum absolute atomic E-state index is 13.7. The van der Waals surface area contributed by atoms with E-state index in [-0.39, 0.29) is 43.4 Å². The van der Waals surface area contributed by atoms with Gasteiger partial charge in [0.25, 0.3) is 11.8 Å². The quantitative estimate of drug-likeness (QED) is 0.105. The Morgan fingerprint density at radius 3 is 2.20 bits per heavy atom. The number of carbonyl (C=O) groups is 2. The highest BCUT2D eigenvalue weighted by molar-refractivity contribution is 5.98. The van der Waals surface area contributed by atoms with Crippen LogP contribution >= 0.6 is 0 Å². The lowest BCUT2D eigenvalue weighted by atomic mass is 10.0. The first-order chi connectivity index (χ1) is 23.5. The Hall–Kier alpha value is -4.48. The Morgan fingerprint density at radius 2 is 1.53 bits per heavy atom. The molecule has 49 heavy (non-hydrogen) atoms. The molecule has 0 aliphatic heterocycles. The standard InChI is InChI=1S/C38H46F3N5O3/c1-3-4-5-6-13-21-45(2)37(49)34-24-33(44-46(34)27-29-17-11-8-12-18-29)36(48)43-32(23-28-15-9-7-10-16-28)35(47)26-42-25-30-19-14-20-31(22-30)38(39,40)41/h7-12,14-20,22,24,32,35,42,47H,3-6,13,21,23,25-27H2,1-2H3,(H,43,48)/t32-,35+/m0/s1. The minimum Gasteiger partial charge on any atom is -0.390 e. The maximum Gasteiger partial charge on any atom is 0.416 e. The van der Waals surface area contributed by atoms with Crippen molar-refractivity contribution >= 4 is 11.8 Å². The Labute approximate surface area is 286 Å². The molecule has 0 fully saturated rings. The fraction of sp³-hybridized carbons (Fsp3) is 0.395. The predicted octanol–water partition coefficient (Wildman–Crippen LogP) is 6.48. The average Bonchev–Trinajstić information content (AvgIpc) is 3.51. The predicted molar refractivity (Wildman–Crippen MR) is 184 cm³/mol. The van der Waals surface area contributed by atoms with Gasteiger partial charge in [0.05, 0.1) is 24.3 Å². The number of nitrogens with one attached hydrogen (secondary N) is 2. The number of halogens is 3. The van der Waals surface area contributed by atoms with Crippen molar-refractivity contribution in [2.45, 2.75) is 76.9 Å². The van der Waals surface area contributed by atoms with E-state index in [1.807, 2.05) is 60.7 Å². The third kappa shape index (κ3) is 11.6. The normalized spacial score (nSPS) is 12.8. The summed E-state index contributed by atoms with van der Waals surface area (Å²) in [5.41, 5.74) is 1.78. The number of hydrogen-bond acceptors (Lipinski definition) is 5. The molecule has 0 aliphatic carbocycles. The molecule has 0 radical (unpaired) electrons. The number of nitrogens with zero attached hydrogens (tertiary/aromatic N) is 3. The van der Waals surface area contributed by atoms with Gasteiger partial charge in [-0.05, 0) is 35.6 Å². The summed E-state index contributed by atoms with van der Waals surface area (Å²) in [7, 11) is 1.75. The summed E-state index contributed by atoms with van der Waals surface area (Å²) >= 11 is 0. The fourth-order valence-electron chi connectivity index (χ4n) is 5.58. The highest BCUT2D eigenvalue weighted by Crippen LogP contribution is 2.29. The number of aliphatic hydroxyl groups excluding tert-OH is 1. The van der Waals surface area contributed by atoms with Gasteiger partial charge in [0.2, 0.25) is 0 Å². The lowest BCUT2D eigenvalue weighted by Crippen LogP contribution is -2.48. The van der Waals surface area contributed by atoms with Gasteiger partial charge in [0.15, 0.2) is 5.69 Å². The van der Waals surface area contributed by atoms with E-state index < -0.39 is 29.8 Å². The van der Waals surface area contributed by atoms with Crippen LogP contribution in [0.5, 0.6) is 0 Å². The number of alkyl halides is 3. The second-order valence-electron chi connectivity index (χ2n) is 12.4. The first kappa shape index (κ1) is 37.3. The summed E-state index contributed by atoms with van der Waals surface area (Å²) in [4.78, 5) is 29.0. The van der Waals surface area contributed by atoms with E-state index in [2.05, 4.69) is 22.7 Å². The number of hydrogen-bond donors (Lipinski definition) is 3. The highest BCUT2D eigenvalue weighted by atomic mass is 19.4. The molecular formula is C38H46F3N5O3. The molecular weight excluding hydrogens is 631 g/mol. The van der Waals surface area contributed by atoms with Gasteiger partial charge in [0.1, 0.15) is 5.69 Å². The van der Waals surface area contributed by atoms with Crippen molar-refractivity contribution < 1.29 is 27.9 Å². The Morgan fingerprint density at radius 1 is 0.878 bits per heavy atom. The molecule has 8 nitrogen and oxygen atoms in total. The van der Waals surface area contributed by atoms with Crippen molar-refractivity contribution in [3.05, 3.63) is 125 Å². The van der Waals surface area contributed by atoms with Crippen LogP contribution in [0.3, 0.4) is 0 Å². The molecule has 2 amide bonds. The van der Waals surface area contributed by atoms with Gasteiger partial charge >= 0.3 is 6.18 Å². The SMILES string of the molecule is CCCCCCCN(C)C(=O)c1cc(C(=O)N[C@@H](Cc2ccccc2)[C@H](O)CNCc2cccc(C(F)(F)F)c2)nn1Cc1ccccc1. The monoisotopic (exact) mass is 677 g/mol. The van der Waals surface area contributed by atoms with E-state index in [0.29, 0.717) is 12.1 Å². The van der Waals surface area contributed by atoms with Gasteiger partial charge in [-0.1, -0.05) is 111 Å². The maximum atomic E-state index is 13.7. The zero-order valence-electron chi connectivity index (χ0n) is 28.1. The summed E-state index contributed by atoms with van der Waals surface area (Å²) in [6, 6.07) is 24.6. The van der Waals surface area contributed by atoms with Crippen LogP contribution in [0.15, 0.2) is 91.0 Å². The molecule has 0 saturated carbocycles. The highest BCUT2D eigenvalue weighted by Gasteiger charge is 2.30. The average molecular weight is 678 g/mol. The van der Waals surface area contributed by atoms with Gasteiger partial charge in [-0.15, -0.1) is 0 Å². The molecule has 0 unspecified atom stereocenters. The molecule has 11 heteroatoms. The lowest BCUT2D eigenvalue weighted by molar-refractivity contribution is -0.137. The van der Waals surface area contributed by atoms with Gasteiger partial charge in [-0.25, -0.2) is 0 Å². The summed E-state index contributed by atoms with van der Waals surface area (Å²) in [6.07, 6.45) is 0.0566. The molecule has 2 atom stereocenters. The molecule has 3 aromatic carbocycles. The van der Waals surface area contributed by atoms with Crippen molar-refractivity contribution in [3.63, 3.8) is 0 Å². The van der Waals surface area contributed by atoms with Crippen molar-refractivity contribution in [1.82, 2.24) is 25.3 Å². The topological polar surface area (TPSA) is 99.5 Å². The number of benzene rings is 3. The van der Waals surface area contributed by atoms with E-state index >= 15 is 0 Å². The van der Waals surface area contributed by atoms with E-state index in [1.54, 1.807) is 22.7 Å². The summed E-state index contributed by atoms with van der Waals surface area (Å²) in [6.45, 7) is 3.12. The molecule has 1 aromatic heterocycles. The number of unbranched alkanes of at least 4 members (excludes halogenated alkanes) is 4. The molecule has 4 aromatic rings. The van der Waals surface area contributed by atoms with Crippen LogP contribution in [0, 0.1) is 0 Å². The minimum absolute atomic E-state index is 0.00323. The van der Waals surface area contributed by atoms with Crippen molar-refractivity contribution in [1.29, 1.82) is 0 Å². The number of amides is 2. The first-order valence-electron chi connectivity index (χ1n) is 16.8. The van der Waals surface area contributed by atoms with E-state index in [9.17, 15) is 27.9 Å². The van der Waals surface area contributed by atoms with E-state index in [0.717, 1.165) is 55.4 Å². The second-order valence-corrected chi connectivity index (χ2v) is 12.4. The third-order valence-corrected chi connectivity index (χ3v) is 8.37. The van der Waals surface area contributed by atoms with Crippen LogP contribution in [-0.2, 0) is 25.7 Å². The molecule has 0 aliphatic rings. The summed E-state index contributed by atoms with van der Waals surface area (Å²) in [5.74, 6) is -0.793. The van der Waals surface area contributed by atoms with Crippen LogP contribution in [0.1, 0.15) is 82.3 Å². The Balaban J connectivity index is 1.50. The van der Waals surface area contributed by atoms with Crippen LogP contribution in [-0.4, -0.2) is 63.9 Å². The van der Waals surface area contributed by atoms with Crippen LogP contribution in [0.25, 0.3) is 0 Å². The van der Waals surface area contributed by atoms with Crippen LogP contribution in [0.4, 0.5) is 13.2 Å². The van der Waals surface area contributed by atoms with Crippen LogP contribution in [0.2, 0.25) is 0 Å². The van der Waals surface area contributed by atoms with Crippen molar-refractivity contribution in [2.24, 2.45) is 0 Å². The molecule has 0 saturated heterocycles. The van der Waals surface area contributed by atoms with E-state index in [1.165, 1.54) is 12.1 Å². The zero-order valence-corrected chi connectivity index (χ0v) is 28.1. The first-order valence-corrected chi connectivity index (χ1v) is 16.8. The van der Waals surface area contributed by atoms with Gasteiger partial charge in [0, 0.05) is 32.7 Å². The molecule has 0 spiro atoms. The van der Waals surface area contributed by atoms with Gasteiger partial charge in [-0.2, -0.15) is 18.3 Å².